The molecule has 0 bridgehead atoms. The van der Waals surface area contributed by atoms with Gasteiger partial charge in [-0.1, -0.05) is 0 Å². The van der Waals surface area contributed by atoms with Gasteiger partial charge in [0.1, 0.15) is 12.3 Å². The molecule has 1 aliphatic heterocycles. The third-order valence-electron chi connectivity index (χ3n) is 2.77. The molecule has 13 heteroatoms. The fourth-order valence-corrected chi connectivity index (χ4v) is 2.20. The Kier molecular flexibility index (Phi) is 6.81. The number of carboxylic acid groups (broad SMARTS) is 1. The quantitative estimate of drug-likeness (QED) is 0.298. The van der Waals surface area contributed by atoms with Crippen LogP contribution in [0.1, 0.15) is 12.6 Å². The lowest BCUT2D eigenvalue weighted by molar-refractivity contribution is -0.122. The smallest absolute Gasteiger partial charge is 0.469 e. The largest absolute Gasteiger partial charge is 0.483 e. The first-order chi connectivity index (χ1) is 10.7. The van der Waals surface area contributed by atoms with Crippen molar-refractivity contribution in [3.63, 3.8) is 0 Å². The van der Waals surface area contributed by atoms with Gasteiger partial charge in [0.05, 0.1) is 12.7 Å². The number of aromatic nitrogens is 2. The number of hydrogen-bond acceptors (Lipinski definition) is 7. The standard InChI is InChI=1S/C9H13N2O8P.CH2O2/c12-5-3-8(11-2-1-7(13)10-9(11)14)19-6(5)4-18-20(15,16)17;2-1-3/h1-2,5-6,8,12H,3-4H2,(H,10,13,14)(H2,15,16,17);1H,(H,2,3)/t5-,6+,8+;/m0./s1. The van der Waals surface area contributed by atoms with Gasteiger partial charge >= 0.3 is 13.5 Å². The van der Waals surface area contributed by atoms with E-state index in [0.717, 1.165) is 10.6 Å². The number of aliphatic hydroxyl groups is 1. The van der Waals surface area contributed by atoms with E-state index in [2.05, 4.69) is 4.52 Å². The van der Waals surface area contributed by atoms with Crippen molar-refractivity contribution in [3.05, 3.63) is 33.1 Å². The molecule has 0 amide bonds. The Hall–Kier alpha value is -1.82. The molecule has 5 N–H and O–H groups in total. The summed E-state index contributed by atoms with van der Waals surface area (Å²) in [7, 11) is -4.66. The summed E-state index contributed by atoms with van der Waals surface area (Å²) in [4.78, 5) is 50.0. The van der Waals surface area contributed by atoms with E-state index < -0.39 is 44.1 Å². The van der Waals surface area contributed by atoms with Crippen LogP contribution in [0.2, 0.25) is 0 Å². The fraction of sp³-hybridized carbons (Fsp3) is 0.500. The van der Waals surface area contributed by atoms with Crippen LogP contribution >= 0.6 is 7.82 Å². The molecule has 1 aromatic heterocycles. The molecule has 130 valence electrons. The van der Waals surface area contributed by atoms with Gasteiger partial charge in [-0.25, -0.2) is 9.36 Å². The topological polar surface area (TPSA) is 188 Å². The van der Waals surface area contributed by atoms with Gasteiger partial charge in [-0.2, -0.15) is 0 Å². The summed E-state index contributed by atoms with van der Waals surface area (Å²) < 4.78 is 21.2. The molecule has 1 aliphatic rings. The lowest BCUT2D eigenvalue weighted by atomic mass is 10.2. The Morgan fingerprint density at radius 3 is 2.61 bits per heavy atom. The maximum Gasteiger partial charge on any atom is 0.469 e. The molecule has 0 spiro atoms. The fourth-order valence-electron chi connectivity index (χ4n) is 1.86. The molecule has 2 rings (SSSR count). The first kappa shape index (κ1) is 19.2. The molecule has 12 nitrogen and oxygen atoms in total. The van der Waals surface area contributed by atoms with E-state index in [1.807, 2.05) is 4.98 Å². The summed E-state index contributed by atoms with van der Waals surface area (Å²) in [5, 5.41) is 16.6. The van der Waals surface area contributed by atoms with Crippen molar-refractivity contribution in [2.24, 2.45) is 0 Å². The van der Waals surface area contributed by atoms with Crippen LogP contribution in [0, 0.1) is 0 Å². The highest BCUT2D eigenvalue weighted by Gasteiger charge is 2.36. The van der Waals surface area contributed by atoms with Gasteiger partial charge in [0, 0.05) is 18.7 Å². The molecular weight excluding hydrogens is 339 g/mol. The van der Waals surface area contributed by atoms with Gasteiger partial charge in [0.15, 0.2) is 0 Å². The molecule has 1 aromatic rings. The van der Waals surface area contributed by atoms with Crippen molar-refractivity contribution in [2.45, 2.75) is 24.9 Å². The zero-order chi connectivity index (χ0) is 17.6. The molecule has 0 aliphatic carbocycles. The van der Waals surface area contributed by atoms with E-state index >= 15 is 0 Å². The zero-order valence-electron chi connectivity index (χ0n) is 11.5. The highest BCUT2D eigenvalue weighted by atomic mass is 31.2. The first-order valence-corrected chi connectivity index (χ1v) is 7.64. The molecule has 0 saturated carbocycles. The highest BCUT2D eigenvalue weighted by molar-refractivity contribution is 7.46. The van der Waals surface area contributed by atoms with Crippen LogP contribution in [0.15, 0.2) is 21.9 Å². The van der Waals surface area contributed by atoms with Gasteiger partial charge in [-0.05, 0) is 0 Å². The third kappa shape index (κ3) is 6.06. The molecule has 0 unspecified atom stereocenters. The van der Waals surface area contributed by atoms with Crippen LogP contribution in [0.5, 0.6) is 0 Å². The van der Waals surface area contributed by atoms with Crippen molar-refractivity contribution in [3.8, 4) is 0 Å². The van der Waals surface area contributed by atoms with E-state index in [1.54, 1.807) is 0 Å². The Labute approximate surface area is 128 Å². The first-order valence-electron chi connectivity index (χ1n) is 6.11. The number of carbonyl (C=O) groups is 1. The number of rotatable bonds is 4. The number of aliphatic hydroxyl groups excluding tert-OH is 1. The van der Waals surface area contributed by atoms with Crippen LogP contribution in [0.25, 0.3) is 0 Å². The average Bonchev–Trinajstić information content (AvgIpc) is 2.77. The van der Waals surface area contributed by atoms with Crippen LogP contribution in [0.3, 0.4) is 0 Å². The molecule has 1 saturated heterocycles. The van der Waals surface area contributed by atoms with Crippen LogP contribution in [-0.4, -0.2) is 54.8 Å². The van der Waals surface area contributed by atoms with Gasteiger partial charge in [0.2, 0.25) is 0 Å². The number of H-pyrrole nitrogens is 1. The van der Waals surface area contributed by atoms with Gasteiger partial charge in [-0.3, -0.25) is 23.7 Å². The number of aromatic amines is 1. The Morgan fingerprint density at radius 1 is 1.48 bits per heavy atom. The summed E-state index contributed by atoms with van der Waals surface area (Å²) in [6.45, 7) is -0.764. The molecule has 0 aromatic carbocycles. The average molecular weight is 354 g/mol. The van der Waals surface area contributed by atoms with Crippen molar-refractivity contribution >= 4 is 14.3 Å². The Balaban J connectivity index is 0.000000816. The van der Waals surface area contributed by atoms with Crippen molar-refractivity contribution < 1.29 is 38.6 Å². The van der Waals surface area contributed by atoms with Gasteiger partial charge in [-0.15, -0.1) is 0 Å². The van der Waals surface area contributed by atoms with Crippen molar-refractivity contribution in [1.29, 1.82) is 0 Å². The SMILES string of the molecule is O=CO.O=c1ccn([C@H]2C[C@H](O)[C@@H](COP(=O)(O)O)O2)c(=O)[nH]1. The molecule has 3 atom stereocenters. The second-order valence-electron chi connectivity index (χ2n) is 4.34. The normalized spacial score (nSPS) is 23.9. The molecule has 2 heterocycles. The minimum atomic E-state index is -4.66. The minimum Gasteiger partial charge on any atom is -0.483 e. The molecular formula is C10H15N2O10P. The van der Waals surface area contributed by atoms with Crippen LogP contribution in [0.4, 0.5) is 0 Å². The number of nitrogens with one attached hydrogen (secondary N) is 1. The van der Waals surface area contributed by atoms with Crippen molar-refractivity contribution in [2.75, 3.05) is 6.61 Å². The van der Waals surface area contributed by atoms with E-state index in [0.29, 0.717) is 0 Å². The van der Waals surface area contributed by atoms with E-state index in [1.165, 1.54) is 6.20 Å². The minimum absolute atomic E-state index is 0.0289. The number of phosphoric acid groups is 1. The number of hydrogen-bond donors (Lipinski definition) is 5. The third-order valence-corrected chi connectivity index (χ3v) is 3.26. The Bertz CT molecular complexity index is 679. The van der Waals surface area contributed by atoms with Crippen LogP contribution in [-0.2, 0) is 18.6 Å². The summed E-state index contributed by atoms with van der Waals surface area (Å²) in [6.07, 6.45) is -1.64. The van der Waals surface area contributed by atoms with Gasteiger partial charge < -0.3 is 24.7 Å². The highest BCUT2D eigenvalue weighted by Crippen LogP contribution is 2.37. The number of ether oxygens (including phenoxy) is 1. The van der Waals surface area contributed by atoms with Crippen molar-refractivity contribution in [1.82, 2.24) is 9.55 Å². The van der Waals surface area contributed by atoms with E-state index in [9.17, 15) is 19.3 Å². The lowest BCUT2D eigenvalue weighted by Gasteiger charge is -2.16. The van der Waals surface area contributed by atoms with Crippen LogP contribution < -0.4 is 11.2 Å². The molecule has 1 fully saturated rings. The monoisotopic (exact) mass is 354 g/mol. The summed E-state index contributed by atoms with van der Waals surface area (Å²) in [6, 6.07) is 1.12. The number of phosphoric ester groups is 1. The number of nitrogens with zero attached hydrogens (tertiary/aromatic N) is 1. The Morgan fingerprint density at radius 2 is 2.09 bits per heavy atom. The maximum absolute atomic E-state index is 11.5. The van der Waals surface area contributed by atoms with E-state index in [4.69, 9.17) is 24.4 Å². The lowest BCUT2D eigenvalue weighted by Crippen LogP contribution is -2.31. The van der Waals surface area contributed by atoms with Gasteiger partial charge in [0.25, 0.3) is 12.0 Å². The predicted octanol–water partition coefficient (Wildman–Crippen LogP) is -2.00. The zero-order valence-corrected chi connectivity index (χ0v) is 12.4. The second-order valence-corrected chi connectivity index (χ2v) is 5.58. The molecule has 23 heavy (non-hydrogen) atoms. The summed E-state index contributed by atoms with van der Waals surface area (Å²) in [5.41, 5.74) is -1.27. The summed E-state index contributed by atoms with van der Waals surface area (Å²) in [5.74, 6) is 0. The second kappa shape index (κ2) is 8.15. The van der Waals surface area contributed by atoms with E-state index in [-0.39, 0.29) is 12.9 Å². The predicted molar refractivity (Wildman–Crippen MR) is 72.5 cm³/mol. The maximum atomic E-state index is 11.5. The molecule has 0 radical (unpaired) electrons. The summed E-state index contributed by atoms with van der Waals surface area (Å²) >= 11 is 0.